The highest BCUT2D eigenvalue weighted by atomic mass is 32.2. The van der Waals surface area contributed by atoms with Crippen LogP contribution in [-0.2, 0) is 11.3 Å². The summed E-state index contributed by atoms with van der Waals surface area (Å²) in [5.74, 6) is 0.203. The normalized spacial score (nSPS) is 11.9. The van der Waals surface area contributed by atoms with E-state index in [1.165, 1.54) is 11.8 Å². The molecule has 3 N–H and O–H groups in total. The summed E-state index contributed by atoms with van der Waals surface area (Å²) < 4.78 is 1.86. The second kappa shape index (κ2) is 7.77. The Bertz CT molecular complexity index is 686. The minimum atomic E-state index is -0.410. The molecule has 0 spiro atoms. The third-order valence-electron chi connectivity index (χ3n) is 3.18. The molecule has 0 aliphatic carbocycles. The van der Waals surface area contributed by atoms with E-state index in [2.05, 4.69) is 15.5 Å². The van der Waals surface area contributed by atoms with Crippen LogP contribution >= 0.6 is 11.8 Å². The minimum absolute atomic E-state index is 0.142. The van der Waals surface area contributed by atoms with Crippen LogP contribution in [0.1, 0.15) is 36.1 Å². The van der Waals surface area contributed by atoms with Gasteiger partial charge in [-0.3, -0.25) is 9.59 Å². The van der Waals surface area contributed by atoms with Gasteiger partial charge in [-0.15, -0.1) is 10.2 Å². The largest absolute Gasteiger partial charge is 0.369 e. The molecule has 2 aromatic rings. The van der Waals surface area contributed by atoms with E-state index in [0.717, 1.165) is 0 Å². The number of benzene rings is 1. The van der Waals surface area contributed by atoms with Gasteiger partial charge in [0.05, 0.1) is 11.8 Å². The fourth-order valence-electron chi connectivity index (χ4n) is 2.09. The van der Waals surface area contributed by atoms with Crippen molar-refractivity contribution in [2.24, 2.45) is 5.73 Å². The van der Waals surface area contributed by atoms with E-state index in [1.807, 2.05) is 36.6 Å². The summed E-state index contributed by atoms with van der Waals surface area (Å²) in [6.07, 6.45) is 0. The van der Waals surface area contributed by atoms with Crippen LogP contribution in [0, 0.1) is 0 Å². The number of carbonyl (C=O) groups is 2. The Labute approximate surface area is 138 Å². The van der Waals surface area contributed by atoms with Crippen molar-refractivity contribution in [2.45, 2.75) is 31.6 Å². The van der Waals surface area contributed by atoms with Crippen LogP contribution in [0.5, 0.6) is 0 Å². The summed E-state index contributed by atoms with van der Waals surface area (Å²) in [4.78, 5) is 23.1. The lowest BCUT2D eigenvalue weighted by molar-refractivity contribution is -0.115. The quantitative estimate of drug-likeness (QED) is 0.745. The Morgan fingerprint density at radius 2 is 2.00 bits per heavy atom. The number of hydrogen-bond donors (Lipinski definition) is 2. The number of primary amides is 1. The summed E-state index contributed by atoms with van der Waals surface area (Å²) in [7, 11) is 0. The van der Waals surface area contributed by atoms with Gasteiger partial charge >= 0.3 is 0 Å². The number of nitrogens with zero attached hydrogens (tertiary/aromatic N) is 3. The highest BCUT2D eigenvalue weighted by Crippen LogP contribution is 2.20. The van der Waals surface area contributed by atoms with Crippen molar-refractivity contribution in [3.63, 3.8) is 0 Å². The molecule has 7 nitrogen and oxygen atoms in total. The first-order chi connectivity index (χ1) is 11.0. The van der Waals surface area contributed by atoms with Crippen LogP contribution in [0.4, 0.5) is 0 Å². The van der Waals surface area contributed by atoms with Crippen molar-refractivity contribution in [1.82, 2.24) is 20.1 Å². The molecule has 2 rings (SSSR count). The number of nitrogens with two attached hydrogens (primary N) is 1. The van der Waals surface area contributed by atoms with Gasteiger partial charge in [-0.1, -0.05) is 30.0 Å². The van der Waals surface area contributed by atoms with E-state index in [4.69, 9.17) is 5.73 Å². The lowest BCUT2D eigenvalue weighted by atomic mass is 10.2. The summed E-state index contributed by atoms with van der Waals surface area (Å²) in [5, 5.41) is 11.7. The van der Waals surface area contributed by atoms with Crippen LogP contribution in [-0.4, -0.2) is 32.3 Å². The average molecular weight is 333 g/mol. The molecular weight excluding hydrogens is 314 g/mol. The number of rotatable bonds is 7. The van der Waals surface area contributed by atoms with Crippen molar-refractivity contribution in [3.05, 3.63) is 41.7 Å². The summed E-state index contributed by atoms with van der Waals surface area (Å²) in [6, 6.07) is 8.68. The van der Waals surface area contributed by atoms with Crippen LogP contribution in [0.3, 0.4) is 0 Å². The molecule has 0 saturated carbocycles. The molecule has 1 aromatic carbocycles. The Kier molecular flexibility index (Phi) is 5.75. The van der Waals surface area contributed by atoms with Crippen molar-refractivity contribution >= 4 is 23.6 Å². The zero-order chi connectivity index (χ0) is 16.8. The third-order valence-corrected chi connectivity index (χ3v) is 4.17. The van der Waals surface area contributed by atoms with Gasteiger partial charge in [0.15, 0.2) is 11.0 Å². The Balaban J connectivity index is 2.11. The second-order valence-electron chi connectivity index (χ2n) is 4.90. The van der Waals surface area contributed by atoms with Gasteiger partial charge in [-0.25, -0.2) is 0 Å². The first-order valence-corrected chi connectivity index (χ1v) is 8.21. The van der Waals surface area contributed by atoms with Gasteiger partial charge in [0.25, 0.3) is 5.91 Å². The van der Waals surface area contributed by atoms with Crippen LogP contribution in [0.15, 0.2) is 35.5 Å². The molecule has 8 heteroatoms. The van der Waals surface area contributed by atoms with E-state index in [-0.39, 0.29) is 17.7 Å². The molecule has 1 atom stereocenters. The van der Waals surface area contributed by atoms with E-state index >= 15 is 0 Å². The van der Waals surface area contributed by atoms with E-state index in [1.54, 1.807) is 12.1 Å². The van der Waals surface area contributed by atoms with Crippen LogP contribution < -0.4 is 11.1 Å². The predicted octanol–water partition coefficient (Wildman–Crippen LogP) is 1.37. The number of aromatic nitrogens is 3. The van der Waals surface area contributed by atoms with Crippen molar-refractivity contribution in [2.75, 3.05) is 5.75 Å². The Morgan fingerprint density at radius 1 is 1.30 bits per heavy atom. The highest BCUT2D eigenvalue weighted by Gasteiger charge is 2.19. The van der Waals surface area contributed by atoms with Crippen molar-refractivity contribution < 1.29 is 9.59 Å². The Morgan fingerprint density at radius 3 is 2.61 bits per heavy atom. The highest BCUT2D eigenvalue weighted by molar-refractivity contribution is 7.99. The van der Waals surface area contributed by atoms with E-state index < -0.39 is 5.91 Å². The standard InChI is InChI=1S/C15H19N5O2S/c1-3-20-13(18-19-15(20)23-9-12(16)21)10(2)17-14(22)11-7-5-4-6-8-11/h4-8,10H,3,9H2,1-2H3,(H2,16,21)(H,17,22)/t10-/m0/s1. The maximum absolute atomic E-state index is 12.2. The fraction of sp³-hybridized carbons (Fsp3) is 0.333. The predicted molar refractivity (Wildman–Crippen MR) is 87.9 cm³/mol. The molecule has 1 heterocycles. The molecule has 1 aromatic heterocycles. The fourth-order valence-corrected chi connectivity index (χ4v) is 2.84. The number of amides is 2. The lowest BCUT2D eigenvalue weighted by Crippen LogP contribution is -2.28. The van der Waals surface area contributed by atoms with Gasteiger partial charge in [-0.05, 0) is 26.0 Å². The van der Waals surface area contributed by atoms with Crippen molar-refractivity contribution in [1.29, 1.82) is 0 Å². The number of carbonyl (C=O) groups excluding carboxylic acids is 2. The van der Waals surface area contributed by atoms with Gasteiger partial charge in [-0.2, -0.15) is 0 Å². The van der Waals surface area contributed by atoms with Gasteiger partial charge in [0.1, 0.15) is 0 Å². The lowest BCUT2D eigenvalue weighted by Gasteiger charge is -2.15. The minimum Gasteiger partial charge on any atom is -0.369 e. The zero-order valence-corrected chi connectivity index (χ0v) is 13.8. The first-order valence-electron chi connectivity index (χ1n) is 7.23. The third kappa shape index (κ3) is 4.32. The molecule has 2 amide bonds. The molecule has 23 heavy (non-hydrogen) atoms. The smallest absolute Gasteiger partial charge is 0.251 e. The maximum Gasteiger partial charge on any atom is 0.251 e. The Hall–Kier alpha value is -2.35. The number of nitrogens with one attached hydrogen (secondary N) is 1. The molecule has 0 aliphatic rings. The monoisotopic (exact) mass is 333 g/mol. The van der Waals surface area contributed by atoms with Gasteiger partial charge in [0.2, 0.25) is 5.91 Å². The summed E-state index contributed by atoms with van der Waals surface area (Å²) in [5.41, 5.74) is 5.74. The van der Waals surface area contributed by atoms with E-state index in [0.29, 0.717) is 23.1 Å². The molecule has 0 unspecified atom stereocenters. The molecule has 0 fully saturated rings. The van der Waals surface area contributed by atoms with Gasteiger partial charge in [0, 0.05) is 12.1 Å². The number of thioether (sulfide) groups is 1. The zero-order valence-electron chi connectivity index (χ0n) is 13.0. The first kappa shape index (κ1) is 17.0. The second-order valence-corrected chi connectivity index (χ2v) is 5.84. The molecule has 0 aliphatic heterocycles. The summed E-state index contributed by atoms with van der Waals surface area (Å²) in [6.45, 7) is 4.43. The average Bonchev–Trinajstić information content (AvgIpc) is 2.96. The van der Waals surface area contributed by atoms with Crippen molar-refractivity contribution in [3.8, 4) is 0 Å². The number of hydrogen-bond acceptors (Lipinski definition) is 5. The molecule has 0 saturated heterocycles. The van der Waals surface area contributed by atoms with Crippen LogP contribution in [0.25, 0.3) is 0 Å². The molecular formula is C15H19N5O2S. The molecule has 0 radical (unpaired) electrons. The molecule has 0 bridgehead atoms. The SMILES string of the molecule is CCn1c(SCC(N)=O)nnc1[C@H](C)NC(=O)c1ccccc1. The summed E-state index contributed by atoms with van der Waals surface area (Å²) >= 11 is 1.24. The van der Waals surface area contributed by atoms with Crippen LogP contribution in [0.2, 0.25) is 0 Å². The topological polar surface area (TPSA) is 103 Å². The van der Waals surface area contributed by atoms with E-state index in [9.17, 15) is 9.59 Å². The van der Waals surface area contributed by atoms with Gasteiger partial charge < -0.3 is 15.6 Å². The maximum atomic E-state index is 12.2. The molecule has 122 valence electrons.